The van der Waals surface area contributed by atoms with E-state index < -0.39 is 63.0 Å². The fraction of sp³-hybridized carbons (Fsp3) is 0.424. The number of nitrogens with one attached hydrogen (secondary N) is 4. The molecule has 82 heavy (non-hydrogen) atoms. The first-order valence-corrected chi connectivity index (χ1v) is 31.2. The lowest BCUT2D eigenvalue weighted by molar-refractivity contribution is -0.144. The second kappa shape index (κ2) is 24.5. The molecule has 1 saturated carbocycles. The standard InChI is InChI=1S/C59H68N12O8S3/c1-35-51(80-34-62-35)40-20-18-37(19-21-40)29-61-54(75)47-28-41(72)32-70(47)57(77)52(59(3,4)5)66-49(73)17-11-27-82(78,79)68-55(76)50-42(44-30-63-71(36(44)2)31-38-12-7-6-8-13-38)22-23-48(65-50)69-26-24-39-14-9-15-43(45(39)33-69)53(74)67-58-64-46-16-10-25-60-56(46)81-58/h9-10,14-16,18-23,25,30,34,38,41,47,52,72H,6-8,11-13,17,24,26-29,31-33H2,1-5H3,(H,61,75)(H,66,73)(H,68,76)(H,64,67,74)/t41-,47+,52-/m1/s1. The van der Waals surface area contributed by atoms with Crippen LogP contribution in [-0.4, -0.2) is 115 Å². The van der Waals surface area contributed by atoms with Crippen LogP contribution in [0.5, 0.6) is 0 Å². The number of hydrogen-bond donors (Lipinski definition) is 5. The van der Waals surface area contributed by atoms with Gasteiger partial charge in [0.15, 0.2) is 5.13 Å². The molecule has 3 atom stereocenters. The maximum absolute atomic E-state index is 14.5. The van der Waals surface area contributed by atoms with Crippen LogP contribution < -0.4 is 25.6 Å². The summed E-state index contributed by atoms with van der Waals surface area (Å²) < 4.78 is 31.9. The van der Waals surface area contributed by atoms with E-state index in [2.05, 4.69) is 35.6 Å². The highest BCUT2D eigenvalue weighted by Gasteiger charge is 2.44. The molecule has 0 radical (unpaired) electrons. The molecule has 7 aromatic rings. The fourth-order valence-corrected chi connectivity index (χ4v) is 13.8. The maximum Gasteiger partial charge on any atom is 0.284 e. The van der Waals surface area contributed by atoms with Crippen LogP contribution in [0.15, 0.2) is 84.6 Å². The van der Waals surface area contributed by atoms with Crippen molar-refractivity contribution < 1.29 is 37.5 Å². The number of pyridine rings is 2. The fourth-order valence-electron chi connectivity index (χ4n) is 11.2. The third-order valence-electron chi connectivity index (χ3n) is 15.6. The lowest BCUT2D eigenvalue weighted by atomic mass is 9.85. The van der Waals surface area contributed by atoms with Gasteiger partial charge in [-0.15, -0.1) is 11.3 Å². The van der Waals surface area contributed by atoms with E-state index in [9.17, 15) is 37.5 Å². The Bertz CT molecular complexity index is 3610. The Morgan fingerprint density at radius 3 is 2.44 bits per heavy atom. The number of amides is 5. The first-order chi connectivity index (χ1) is 39.3. The molecule has 2 fully saturated rings. The summed E-state index contributed by atoms with van der Waals surface area (Å²) in [5.74, 6) is -2.65. The Hall–Kier alpha value is -7.47. The second-order valence-corrected chi connectivity index (χ2v) is 26.3. The summed E-state index contributed by atoms with van der Waals surface area (Å²) in [6.45, 7) is 10.7. The van der Waals surface area contributed by atoms with E-state index >= 15 is 0 Å². The molecule has 5 N–H and O–H groups in total. The van der Waals surface area contributed by atoms with Crippen molar-refractivity contribution in [1.29, 1.82) is 0 Å². The number of likely N-dealkylation sites (tertiary alicyclic amines) is 1. The van der Waals surface area contributed by atoms with Gasteiger partial charge in [-0.05, 0) is 103 Å². The summed E-state index contributed by atoms with van der Waals surface area (Å²) in [6.07, 6.45) is 8.21. The molecule has 1 saturated heterocycles. The normalized spacial score (nSPS) is 17.1. The number of nitrogens with zero attached hydrogens (tertiary/aromatic N) is 8. The molecule has 5 aromatic heterocycles. The minimum Gasteiger partial charge on any atom is -0.391 e. The average Bonchev–Trinajstić information content (AvgIpc) is 4.20. The smallest absolute Gasteiger partial charge is 0.284 e. The number of aliphatic hydroxyl groups excluding tert-OH is 1. The van der Waals surface area contributed by atoms with Gasteiger partial charge in [0.25, 0.3) is 11.8 Å². The van der Waals surface area contributed by atoms with Gasteiger partial charge in [0.2, 0.25) is 27.7 Å². The highest BCUT2D eigenvalue weighted by molar-refractivity contribution is 7.90. The van der Waals surface area contributed by atoms with E-state index in [0.717, 1.165) is 70.7 Å². The Kier molecular flexibility index (Phi) is 17.3. The van der Waals surface area contributed by atoms with Crippen molar-refractivity contribution in [2.75, 3.05) is 29.1 Å². The number of β-amino-alcohol motifs (C(OH)–C–C–N with tert-alkyl or cyclic N) is 1. The van der Waals surface area contributed by atoms with Crippen LogP contribution in [0.2, 0.25) is 0 Å². The molecule has 1 aliphatic carbocycles. The van der Waals surface area contributed by atoms with Gasteiger partial charge in [0.1, 0.15) is 33.9 Å². The van der Waals surface area contributed by atoms with Crippen LogP contribution in [0.25, 0.3) is 31.9 Å². The van der Waals surface area contributed by atoms with E-state index in [1.165, 1.54) is 22.7 Å². The van der Waals surface area contributed by atoms with E-state index in [-0.39, 0.29) is 50.5 Å². The molecule has 2 aliphatic heterocycles. The lowest BCUT2D eigenvalue weighted by Crippen LogP contribution is -2.57. The molecule has 20 nitrogen and oxygen atoms in total. The summed E-state index contributed by atoms with van der Waals surface area (Å²) in [5, 5.41) is 24.5. The molecule has 0 spiro atoms. The summed E-state index contributed by atoms with van der Waals surface area (Å²) in [6, 6.07) is 18.4. The van der Waals surface area contributed by atoms with Crippen molar-refractivity contribution in [2.24, 2.45) is 11.3 Å². The van der Waals surface area contributed by atoms with Crippen LogP contribution in [0.4, 0.5) is 10.9 Å². The number of carbonyl (C=O) groups excluding carboxylic acids is 5. The first kappa shape index (κ1) is 57.8. The summed E-state index contributed by atoms with van der Waals surface area (Å²) in [5.41, 5.74) is 8.33. The number of carbonyl (C=O) groups is 5. The molecular weight excluding hydrogens is 1100 g/mol. The number of thiazole rings is 2. The van der Waals surface area contributed by atoms with Gasteiger partial charge in [0, 0.05) is 74.1 Å². The van der Waals surface area contributed by atoms with Gasteiger partial charge < -0.3 is 25.5 Å². The van der Waals surface area contributed by atoms with Gasteiger partial charge >= 0.3 is 0 Å². The predicted molar refractivity (Wildman–Crippen MR) is 315 cm³/mol. The highest BCUT2D eigenvalue weighted by Crippen LogP contribution is 2.35. The third-order valence-corrected chi connectivity index (χ3v) is 18.8. The Morgan fingerprint density at radius 2 is 1.70 bits per heavy atom. The van der Waals surface area contributed by atoms with Gasteiger partial charge in [-0.2, -0.15) is 5.10 Å². The molecule has 0 unspecified atom stereocenters. The van der Waals surface area contributed by atoms with E-state index in [1.54, 1.807) is 74.3 Å². The Balaban J connectivity index is 0.807. The first-order valence-electron chi connectivity index (χ1n) is 27.8. The SMILES string of the molecule is Cc1ncsc1-c1ccc(CNC(=O)[C@@H]2C[C@@H](O)CN2C(=O)[C@@H](NC(=O)CCCS(=O)(=O)NC(=O)c2nc(N3CCc4cccc(C(=O)Nc5nc6cccnc6s5)c4C3)ccc2-c2cnn(CC3CCCCC3)c2C)C(C)(C)C)cc1. The number of aryl methyl sites for hydroxylation is 1. The Morgan fingerprint density at radius 1 is 0.902 bits per heavy atom. The largest absolute Gasteiger partial charge is 0.391 e. The molecule has 7 heterocycles. The maximum atomic E-state index is 14.5. The molecular formula is C59H68N12O8S3. The van der Waals surface area contributed by atoms with Gasteiger partial charge in [0.05, 0.1) is 34.1 Å². The number of aliphatic hydroxyl groups is 1. The molecule has 0 bridgehead atoms. The van der Waals surface area contributed by atoms with Gasteiger partial charge in [-0.3, -0.25) is 34.0 Å². The number of sulfonamides is 1. The van der Waals surface area contributed by atoms with E-state index in [0.29, 0.717) is 56.9 Å². The minimum absolute atomic E-state index is 0.0137. The molecule has 2 aromatic carbocycles. The molecule has 430 valence electrons. The zero-order valence-electron chi connectivity index (χ0n) is 46.6. The number of aromatic nitrogens is 6. The van der Waals surface area contributed by atoms with Crippen LogP contribution in [-0.2, 0) is 50.5 Å². The van der Waals surface area contributed by atoms with Crippen LogP contribution in [0, 0.1) is 25.2 Å². The monoisotopic (exact) mass is 1170 g/mol. The van der Waals surface area contributed by atoms with E-state index in [1.807, 2.05) is 65.9 Å². The van der Waals surface area contributed by atoms with Crippen molar-refractivity contribution in [2.45, 2.75) is 130 Å². The van der Waals surface area contributed by atoms with Gasteiger partial charge in [-0.25, -0.2) is 33.1 Å². The number of benzene rings is 2. The van der Waals surface area contributed by atoms with Crippen LogP contribution in [0.1, 0.15) is 121 Å². The van der Waals surface area contributed by atoms with Crippen LogP contribution in [0.3, 0.4) is 0 Å². The minimum atomic E-state index is -4.38. The lowest BCUT2D eigenvalue weighted by Gasteiger charge is -2.35. The quantitative estimate of drug-likeness (QED) is 0.0551. The predicted octanol–water partition coefficient (Wildman–Crippen LogP) is 7.73. The van der Waals surface area contributed by atoms with Gasteiger partial charge in [-0.1, -0.05) is 87.8 Å². The molecule has 10 rings (SSSR count). The number of fused-ring (bicyclic) bond motifs is 2. The number of hydrogen-bond acceptors (Lipinski definition) is 16. The highest BCUT2D eigenvalue weighted by atomic mass is 32.2. The zero-order chi connectivity index (χ0) is 57.9. The van der Waals surface area contributed by atoms with Crippen molar-refractivity contribution in [3.05, 3.63) is 124 Å². The average molecular weight is 1170 g/mol. The van der Waals surface area contributed by atoms with Crippen molar-refractivity contribution in [3.63, 3.8) is 0 Å². The van der Waals surface area contributed by atoms with Crippen LogP contribution >= 0.6 is 22.7 Å². The summed E-state index contributed by atoms with van der Waals surface area (Å²) >= 11 is 2.83. The molecule has 23 heteroatoms. The van der Waals surface area contributed by atoms with Crippen molar-refractivity contribution >= 4 is 83.5 Å². The summed E-state index contributed by atoms with van der Waals surface area (Å²) in [7, 11) is -4.38. The summed E-state index contributed by atoms with van der Waals surface area (Å²) in [4.78, 5) is 93.1. The third kappa shape index (κ3) is 13.2. The molecule has 5 amide bonds. The number of anilines is 2. The second-order valence-electron chi connectivity index (χ2n) is 22.6. The molecule has 3 aliphatic rings. The van der Waals surface area contributed by atoms with Crippen molar-refractivity contribution in [3.8, 4) is 21.6 Å². The zero-order valence-corrected chi connectivity index (χ0v) is 49.1. The topological polar surface area (TPSA) is 264 Å². The van der Waals surface area contributed by atoms with Crippen molar-refractivity contribution in [1.82, 2.24) is 50.0 Å². The van der Waals surface area contributed by atoms with E-state index in [4.69, 9.17) is 10.1 Å². The number of rotatable bonds is 18. The Labute approximate surface area is 484 Å².